The van der Waals surface area contributed by atoms with E-state index in [0.717, 1.165) is 25.7 Å². The number of aryl methyl sites for hydroxylation is 4. The molecule has 0 aliphatic heterocycles. The second kappa shape index (κ2) is 29.5. The Morgan fingerprint density at radius 2 is 0.269 bits per heavy atom. The average Bonchev–Trinajstić information content (AvgIpc) is 0.626. The zero-order chi connectivity index (χ0) is 72.1. The van der Waals surface area contributed by atoms with E-state index in [1.165, 1.54) is 419 Å². The topological polar surface area (TPSA) is 0 Å². The summed E-state index contributed by atoms with van der Waals surface area (Å²) in [6.07, 6.45) is 59.1. The molecule has 0 nitrogen and oxygen atoms in total. The fraction of sp³-hybridized carbons (Fsp3) is 0.444. The van der Waals surface area contributed by atoms with Gasteiger partial charge in [0, 0.05) is 0 Å². The third kappa shape index (κ3) is 11.0. The van der Waals surface area contributed by atoms with E-state index in [1.807, 2.05) is 0 Å². The van der Waals surface area contributed by atoms with Gasteiger partial charge in [0.15, 0.2) is 0 Å². The first kappa shape index (κ1) is 69.4. The minimum absolute atomic E-state index is 1.13. The third-order valence-corrected chi connectivity index (χ3v) is 28.7. The van der Waals surface area contributed by atoms with Crippen molar-refractivity contribution in [3.05, 3.63) is 131 Å². The molecule has 0 aliphatic rings. The van der Waals surface area contributed by atoms with E-state index in [4.69, 9.17) is 0 Å². The Hall–Kier alpha value is -7.80. The molecule has 20 aromatic rings. The molecule has 0 aliphatic carbocycles. The number of unbranched alkanes of at least 4 members (excludes halogenated alkanes) is 36. The maximum absolute atomic E-state index is 2.77. The van der Waals surface area contributed by atoms with Crippen molar-refractivity contribution in [3.63, 3.8) is 0 Å². The van der Waals surface area contributed by atoms with Crippen molar-refractivity contribution in [2.24, 2.45) is 0 Å². The van der Waals surface area contributed by atoms with Gasteiger partial charge in [-0.2, -0.15) is 0 Å². The molecule has 0 amide bonds. The van der Waals surface area contributed by atoms with Gasteiger partial charge in [-0.05, 0) is 278 Å². The van der Waals surface area contributed by atoms with E-state index < -0.39 is 0 Å². The Kier molecular flexibility index (Phi) is 18.9. The second-order valence-electron chi connectivity index (χ2n) is 35.8. The van der Waals surface area contributed by atoms with Gasteiger partial charge < -0.3 is 0 Å². The Morgan fingerprint density at radius 3 is 0.481 bits per heavy atom. The van der Waals surface area contributed by atoms with Gasteiger partial charge in [-0.25, -0.2) is 0 Å². The first-order valence-electron chi connectivity index (χ1n) is 45.4. The van der Waals surface area contributed by atoms with Crippen LogP contribution in [-0.4, -0.2) is 0 Å². The van der Waals surface area contributed by atoms with Crippen LogP contribution in [0.2, 0.25) is 0 Å². The highest BCUT2D eigenvalue weighted by Crippen LogP contribution is 2.66. The van der Waals surface area contributed by atoms with Crippen LogP contribution < -0.4 is 0 Å². The number of rotatable bonds is 44. The minimum Gasteiger partial charge on any atom is -0.0654 e. The molecule has 0 saturated heterocycles. The molecule has 0 saturated carbocycles. The predicted molar refractivity (Wildman–Crippen MR) is 484 cm³/mol. The quantitative estimate of drug-likeness (QED) is 0.0203. The van der Waals surface area contributed by atoms with Crippen molar-refractivity contribution in [3.8, 4) is 0 Å². The minimum atomic E-state index is 1.13. The lowest BCUT2D eigenvalue weighted by atomic mass is 9.69. The summed E-state index contributed by atoms with van der Waals surface area (Å²) in [5.41, 5.74) is 6.14. The average molecular weight is 1420 g/mol. The van der Waals surface area contributed by atoms with Gasteiger partial charge in [-0.3, -0.25) is 0 Å². The molecule has 0 bridgehead atoms. The Morgan fingerprint density at radius 1 is 0.130 bits per heavy atom. The summed E-state index contributed by atoms with van der Waals surface area (Å²) in [7, 11) is 0. The largest absolute Gasteiger partial charge is 0.0654 e. The van der Waals surface area contributed by atoms with E-state index in [0.29, 0.717) is 0 Å². The fourth-order valence-electron chi connectivity index (χ4n) is 23.6. The fourth-order valence-corrected chi connectivity index (χ4v) is 23.6. The van der Waals surface area contributed by atoms with Crippen molar-refractivity contribution >= 4 is 205 Å². The smallest absolute Gasteiger partial charge is 0.000000773 e. The van der Waals surface area contributed by atoms with Crippen LogP contribution in [0.25, 0.3) is 205 Å². The lowest BCUT2D eigenvalue weighted by molar-refractivity contribution is 0.556. The summed E-state index contributed by atoms with van der Waals surface area (Å²) >= 11 is 0. The van der Waals surface area contributed by atoms with Gasteiger partial charge in [0.05, 0.1) is 0 Å². The third-order valence-electron chi connectivity index (χ3n) is 28.7. The first-order chi connectivity index (χ1) is 53.6. The summed E-state index contributed by atoms with van der Waals surface area (Å²) in [4.78, 5) is 0. The second-order valence-corrected chi connectivity index (χ2v) is 35.8. The lowest BCUT2D eigenvalue weighted by Crippen LogP contribution is -2.04. The van der Waals surface area contributed by atoms with Crippen LogP contribution in [0.15, 0.2) is 109 Å². The molecule has 0 N–H and O–H groups in total. The molecule has 20 rings (SSSR count). The van der Waals surface area contributed by atoms with Gasteiger partial charge in [0.1, 0.15) is 0 Å². The lowest BCUT2D eigenvalue weighted by Gasteiger charge is -2.33. The highest BCUT2D eigenvalue weighted by Gasteiger charge is 2.37. The normalized spacial score (nSPS) is 13.3. The molecule has 108 heavy (non-hydrogen) atoms. The highest BCUT2D eigenvalue weighted by molar-refractivity contribution is 6.68. The van der Waals surface area contributed by atoms with E-state index in [-0.39, 0.29) is 0 Å². The first-order valence-corrected chi connectivity index (χ1v) is 45.4. The molecular weight excluding hydrogens is 1300 g/mol. The van der Waals surface area contributed by atoms with E-state index >= 15 is 0 Å². The van der Waals surface area contributed by atoms with Gasteiger partial charge in [0.2, 0.25) is 0 Å². The molecule has 0 spiro atoms. The van der Waals surface area contributed by atoms with Crippen molar-refractivity contribution in [2.45, 2.75) is 310 Å². The van der Waals surface area contributed by atoms with Crippen LogP contribution in [-0.2, 0) is 25.7 Å². The summed E-state index contributed by atoms with van der Waals surface area (Å²) < 4.78 is 0. The zero-order valence-corrected chi connectivity index (χ0v) is 66.5. The van der Waals surface area contributed by atoms with Crippen LogP contribution in [0.4, 0.5) is 0 Å². The number of fused-ring (bicyclic) bond motifs is 8. The molecule has 0 fully saturated rings. The molecule has 550 valence electrons. The predicted octanol–water partition coefficient (Wildman–Crippen LogP) is 35.3. The van der Waals surface area contributed by atoms with E-state index in [9.17, 15) is 0 Å². The molecule has 20 aromatic carbocycles. The van der Waals surface area contributed by atoms with Crippen molar-refractivity contribution in [1.82, 2.24) is 0 Å². The highest BCUT2D eigenvalue weighted by atomic mass is 14.4. The standard InChI is InChI=1S/C108H118/c1-5-9-13-17-21-25-29-33-37-41-47-67-59-79-73-53-45-51-71-75-55-58-78-82-62-70(50-44-40-36-32-28-24-20-16-12-8-4)66-86-84-64-68(48-42-38-34-30-26-22-18-14-10-6-2)60-80-74-54-46-52-72-76-56-57-77-81-61-69(49-43-39-35-31-27-23-19-15-11-7-3)65-85-83(63-67)89(79)99-97(87(71)73)103-93(75)96(78)106-102(92(82)86)100(90(80)84)98(88(72)74)104-94(76)95(77)105(101(99)91(81)85)107(103)108(104)106/h45-46,51-66H,5-44,47-50H2,1-4H3. The van der Waals surface area contributed by atoms with Crippen molar-refractivity contribution in [1.29, 1.82) is 0 Å². The Bertz CT molecular complexity index is 6030. The van der Waals surface area contributed by atoms with Crippen molar-refractivity contribution in [2.75, 3.05) is 0 Å². The van der Waals surface area contributed by atoms with Crippen LogP contribution in [0.5, 0.6) is 0 Å². The number of hydrogen-bond donors (Lipinski definition) is 0. The number of benzene rings is 20. The van der Waals surface area contributed by atoms with Gasteiger partial charge >= 0.3 is 0 Å². The monoisotopic (exact) mass is 1410 g/mol. The van der Waals surface area contributed by atoms with Crippen LogP contribution in [0.1, 0.15) is 307 Å². The van der Waals surface area contributed by atoms with Crippen LogP contribution in [0, 0.1) is 0 Å². The zero-order valence-electron chi connectivity index (χ0n) is 66.5. The molecule has 0 aromatic heterocycles. The van der Waals surface area contributed by atoms with Crippen LogP contribution in [0.3, 0.4) is 0 Å². The van der Waals surface area contributed by atoms with Crippen LogP contribution >= 0.6 is 0 Å². The van der Waals surface area contributed by atoms with Crippen molar-refractivity contribution < 1.29 is 0 Å². The maximum atomic E-state index is 2.77. The Balaban J connectivity index is 0.839. The summed E-state index contributed by atoms with van der Waals surface area (Å²) in [6, 6.07) is 47.8. The molecule has 0 atom stereocenters. The molecule has 0 unspecified atom stereocenters. The summed E-state index contributed by atoms with van der Waals surface area (Å²) in [5.74, 6) is 0. The summed E-state index contributed by atoms with van der Waals surface area (Å²) in [5, 5.41) is 57.6. The molecular formula is C108H118. The Labute approximate surface area is 642 Å². The summed E-state index contributed by atoms with van der Waals surface area (Å²) in [6.45, 7) is 9.36. The number of hydrogen-bond acceptors (Lipinski definition) is 0. The van der Waals surface area contributed by atoms with E-state index in [2.05, 4.69) is 137 Å². The van der Waals surface area contributed by atoms with Gasteiger partial charge in [0.25, 0.3) is 0 Å². The van der Waals surface area contributed by atoms with Gasteiger partial charge in [-0.15, -0.1) is 0 Å². The van der Waals surface area contributed by atoms with E-state index in [1.54, 1.807) is 64.6 Å². The SMILES string of the molecule is CCCCCCCCCCCCc1cc2c3cccc4c5ccc6c7cc(CCCCCCCCCCCC)cc8c9cc(CCCCCCCCCCCC)cc%10c%11cccc%12c%13ccc%14c%15cc(CCCCCCCCCCCC)cc%16c(c1)c2c1c(c34)c2c5c6c3c(c87)c(c%109)c(c%11%12)c4c%13c%14c(c1c%16%15)c2c43. The van der Waals surface area contributed by atoms with Gasteiger partial charge in [-0.1, -0.05) is 368 Å². The molecule has 0 heterocycles. The maximum Gasteiger partial charge on any atom is -0.000000773 e. The molecule has 0 heteroatoms. The molecule has 0 radical (unpaired) electrons.